The number of benzene rings is 2. The molecule has 36 heavy (non-hydrogen) atoms. The van der Waals surface area contributed by atoms with Crippen LogP contribution in [0.15, 0.2) is 63.1 Å². The van der Waals surface area contributed by atoms with Crippen LogP contribution in [0.25, 0.3) is 22.4 Å². The molecule has 2 aromatic heterocycles. The van der Waals surface area contributed by atoms with E-state index < -0.39 is 34.7 Å². The summed E-state index contributed by atoms with van der Waals surface area (Å²) in [5.74, 6) is -1.35. The largest absolute Gasteiger partial charge is 0.416 e. The fourth-order valence-electron chi connectivity index (χ4n) is 3.37. The molecule has 186 valence electrons. The molecule has 0 radical (unpaired) electrons. The van der Waals surface area contributed by atoms with Crippen LogP contribution in [0.1, 0.15) is 5.56 Å². The molecule has 8 nitrogen and oxygen atoms in total. The van der Waals surface area contributed by atoms with Gasteiger partial charge in [-0.15, -0.1) is 0 Å². The Morgan fingerprint density at radius 2 is 1.72 bits per heavy atom. The van der Waals surface area contributed by atoms with Gasteiger partial charge in [0.25, 0.3) is 5.56 Å². The molecule has 0 atom stereocenters. The summed E-state index contributed by atoms with van der Waals surface area (Å²) < 4.78 is 54.2. The summed E-state index contributed by atoms with van der Waals surface area (Å²) in [5, 5.41) is 2.46. The third-order valence-corrected chi connectivity index (χ3v) is 6.16. The van der Waals surface area contributed by atoms with E-state index in [0.717, 1.165) is 33.0 Å². The van der Waals surface area contributed by atoms with Crippen LogP contribution < -0.4 is 16.6 Å². The maximum Gasteiger partial charge on any atom is 0.416 e. The lowest BCUT2D eigenvalue weighted by molar-refractivity contribution is -0.137. The van der Waals surface area contributed by atoms with Gasteiger partial charge in [0.2, 0.25) is 5.91 Å². The molecule has 0 fully saturated rings. The van der Waals surface area contributed by atoms with Crippen LogP contribution in [0.3, 0.4) is 0 Å². The molecule has 0 unspecified atom stereocenters. The zero-order valence-corrected chi connectivity index (χ0v) is 19.6. The minimum absolute atomic E-state index is 0.0117. The predicted molar refractivity (Wildman–Crippen MR) is 126 cm³/mol. The molecule has 0 bridgehead atoms. The van der Waals surface area contributed by atoms with E-state index in [4.69, 9.17) is 0 Å². The van der Waals surface area contributed by atoms with Gasteiger partial charge >= 0.3 is 11.9 Å². The summed E-state index contributed by atoms with van der Waals surface area (Å²) in [4.78, 5) is 46.5. The van der Waals surface area contributed by atoms with E-state index in [1.54, 1.807) is 0 Å². The number of aromatic nitrogens is 4. The molecule has 0 aliphatic heterocycles. The third kappa shape index (κ3) is 5.00. The number of rotatable bonds is 5. The summed E-state index contributed by atoms with van der Waals surface area (Å²) in [6, 6.07) is 9.41. The van der Waals surface area contributed by atoms with Gasteiger partial charge in [-0.25, -0.2) is 19.2 Å². The van der Waals surface area contributed by atoms with Gasteiger partial charge in [0.15, 0.2) is 11.5 Å². The standard InChI is InChI=1S/C23H17F4N5O3S/c1-31-19-17(21(34)32(2)22(31)35)20(30-18(29-19)12-6-8-14(24)9-7-12)36-11-16(33)28-15-5-3-4-13(10-15)23(25,26)27/h3-10H,11H2,1-2H3,(H,28,33). The smallest absolute Gasteiger partial charge is 0.325 e. The third-order valence-electron chi connectivity index (χ3n) is 5.18. The Bertz CT molecular complexity index is 1600. The number of carbonyl (C=O) groups excluding carboxylic acids is 1. The van der Waals surface area contributed by atoms with Crippen molar-refractivity contribution in [3.8, 4) is 11.4 Å². The molecule has 0 aliphatic carbocycles. The topological polar surface area (TPSA) is 98.9 Å². The monoisotopic (exact) mass is 519 g/mol. The first-order valence-electron chi connectivity index (χ1n) is 10.3. The average molecular weight is 519 g/mol. The molecule has 1 N–H and O–H groups in total. The van der Waals surface area contributed by atoms with Crippen molar-refractivity contribution in [1.29, 1.82) is 0 Å². The number of anilines is 1. The number of hydrogen-bond donors (Lipinski definition) is 1. The van der Waals surface area contributed by atoms with Gasteiger partial charge in [0.1, 0.15) is 16.2 Å². The van der Waals surface area contributed by atoms with Crippen molar-refractivity contribution in [2.75, 3.05) is 11.1 Å². The predicted octanol–water partition coefficient (Wildman–Crippen LogP) is 3.58. The second-order valence-electron chi connectivity index (χ2n) is 7.68. The molecule has 2 heterocycles. The molecule has 13 heteroatoms. The normalized spacial score (nSPS) is 11.6. The van der Waals surface area contributed by atoms with Crippen LogP contribution in [0.2, 0.25) is 0 Å². The van der Waals surface area contributed by atoms with E-state index in [0.29, 0.717) is 5.56 Å². The molecule has 4 aromatic rings. The first kappa shape index (κ1) is 25.1. The zero-order valence-electron chi connectivity index (χ0n) is 18.8. The Hall–Kier alpha value is -4.00. The Morgan fingerprint density at radius 3 is 2.39 bits per heavy atom. The molecule has 0 saturated heterocycles. The number of halogens is 4. The van der Waals surface area contributed by atoms with Gasteiger partial charge in [-0.2, -0.15) is 13.2 Å². The number of hydrogen-bond acceptors (Lipinski definition) is 6. The number of carbonyl (C=O) groups is 1. The van der Waals surface area contributed by atoms with Gasteiger partial charge in [-0.1, -0.05) is 17.8 Å². The van der Waals surface area contributed by atoms with Crippen molar-refractivity contribution < 1.29 is 22.4 Å². The fourth-order valence-corrected chi connectivity index (χ4v) is 4.18. The Balaban J connectivity index is 1.71. The van der Waals surface area contributed by atoms with E-state index >= 15 is 0 Å². The highest BCUT2D eigenvalue weighted by atomic mass is 32.2. The van der Waals surface area contributed by atoms with Crippen LogP contribution in [0.5, 0.6) is 0 Å². The average Bonchev–Trinajstić information content (AvgIpc) is 2.84. The Morgan fingerprint density at radius 1 is 1.03 bits per heavy atom. The maximum absolute atomic E-state index is 13.4. The molecular weight excluding hydrogens is 502 g/mol. The fraction of sp³-hybridized carbons (Fsp3) is 0.174. The summed E-state index contributed by atoms with van der Waals surface area (Å²) in [7, 11) is 2.70. The number of nitrogens with one attached hydrogen (secondary N) is 1. The van der Waals surface area contributed by atoms with Crippen molar-refractivity contribution >= 4 is 34.4 Å². The minimum atomic E-state index is -4.57. The summed E-state index contributed by atoms with van der Waals surface area (Å²) in [6.45, 7) is 0. The summed E-state index contributed by atoms with van der Waals surface area (Å²) in [5.41, 5.74) is -1.86. The highest BCUT2D eigenvalue weighted by Gasteiger charge is 2.30. The van der Waals surface area contributed by atoms with Crippen molar-refractivity contribution in [2.24, 2.45) is 14.1 Å². The van der Waals surface area contributed by atoms with Gasteiger partial charge in [-0.3, -0.25) is 18.7 Å². The van der Waals surface area contributed by atoms with E-state index in [1.165, 1.54) is 50.5 Å². The van der Waals surface area contributed by atoms with Gasteiger partial charge < -0.3 is 5.32 Å². The molecule has 0 spiro atoms. The van der Waals surface area contributed by atoms with Gasteiger partial charge in [0, 0.05) is 25.3 Å². The van der Waals surface area contributed by atoms with E-state index in [2.05, 4.69) is 15.3 Å². The lowest BCUT2D eigenvalue weighted by Crippen LogP contribution is -2.37. The van der Waals surface area contributed by atoms with E-state index in [9.17, 15) is 31.9 Å². The molecule has 1 amide bonds. The number of amides is 1. The first-order valence-corrected chi connectivity index (χ1v) is 11.3. The van der Waals surface area contributed by atoms with Crippen LogP contribution in [-0.2, 0) is 25.1 Å². The lowest BCUT2D eigenvalue weighted by Gasteiger charge is -2.12. The Labute approximate surface area is 204 Å². The summed E-state index contributed by atoms with van der Waals surface area (Å²) >= 11 is 0.848. The number of nitrogens with zero attached hydrogens (tertiary/aromatic N) is 4. The zero-order chi connectivity index (χ0) is 26.2. The van der Waals surface area contributed by atoms with Crippen LogP contribution >= 0.6 is 11.8 Å². The number of fused-ring (bicyclic) bond motifs is 1. The highest BCUT2D eigenvalue weighted by molar-refractivity contribution is 8.00. The second-order valence-corrected chi connectivity index (χ2v) is 8.64. The van der Waals surface area contributed by atoms with E-state index in [1.807, 2.05) is 0 Å². The quantitative estimate of drug-likeness (QED) is 0.246. The van der Waals surface area contributed by atoms with Crippen LogP contribution in [0.4, 0.5) is 23.2 Å². The Kier molecular flexibility index (Phi) is 6.67. The number of aryl methyl sites for hydroxylation is 1. The maximum atomic E-state index is 13.4. The molecule has 2 aromatic carbocycles. The van der Waals surface area contributed by atoms with Crippen LogP contribution in [-0.4, -0.2) is 30.8 Å². The summed E-state index contributed by atoms with van der Waals surface area (Å²) in [6.07, 6.45) is -4.57. The van der Waals surface area contributed by atoms with Crippen molar-refractivity contribution in [3.05, 3.63) is 80.7 Å². The molecule has 4 rings (SSSR count). The van der Waals surface area contributed by atoms with Crippen molar-refractivity contribution in [1.82, 2.24) is 19.1 Å². The molecular formula is C23H17F4N5O3S. The number of alkyl halides is 3. The van der Waals surface area contributed by atoms with Crippen LogP contribution in [0, 0.1) is 5.82 Å². The van der Waals surface area contributed by atoms with E-state index in [-0.39, 0.29) is 33.3 Å². The molecule has 0 aliphatic rings. The van der Waals surface area contributed by atoms with Gasteiger partial charge in [-0.05, 0) is 42.5 Å². The SMILES string of the molecule is Cn1c(=O)c2c(SCC(=O)Nc3cccc(C(F)(F)F)c3)nc(-c3ccc(F)cc3)nc2n(C)c1=O. The minimum Gasteiger partial charge on any atom is -0.325 e. The van der Waals surface area contributed by atoms with Crippen molar-refractivity contribution in [2.45, 2.75) is 11.2 Å². The van der Waals surface area contributed by atoms with Crippen molar-refractivity contribution in [3.63, 3.8) is 0 Å². The lowest BCUT2D eigenvalue weighted by atomic mass is 10.2. The number of thioether (sulfide) groups is 1. The molecule has 0 saturated carbocycles. The second kappa shape index (κ2) is 9.57. The highest BCUT2D eigenvalue weighted by Crippen LogP contribution is 2.31. The first-order chi connectivity index (χ1) is 17.0. The van der Waals surface area contributed by atoms with Gasteiger partial charge in [0.05, 0.1) is 11.3 Å².